The van der Waals surface area contributed by atoms with E-state index in [-0.39, 0.29) is 12.4 Å². The summed E-state index contributed by atoms with van der Waals surface area (Å²) in [6.07, 6.45) is -2.14. The van der Waals surface area contributed by atoms with Gasteiger partial charge in [-0.1, -0.05) is 0 Å². The summed E-state index contributed by atoms with van der Waals surface area (Å²) in [5.41, 5.74) is -0.769. The van der Waals surface area contributed by atoms with Crippen molar-refractivity contribution in [1.29, 1.82) is 0 Å². The Bertz CT molecular complexity index is 476. The van der Waals surface area contributed by atoms with E-state index in [2.05, 4.69) is 4.98 Å². The highest BCUT2D eigenvalue weighted by Crippen LogP contribution is 2.31. The largest absolute Gasteiger partial charge is 0.481 e. The van der Waals surface area contributed by atoms with Gasteiger partial charge in [-0.25, -0.2) is 4.98 Å². The highest BCUT2D eigenvalue weighted by atomic mass is 19.4. The number of anilines is 1. The first kappa shape index (κ1) is 13.6. The van der Waals surface area contributed by atoms with E-state index in [1.165, 1.54) is 0 Å². The van der Waals surface area contributed by atoms with Crippen LogP contribution in [0.25, 0.3) is 0 Å². The molecule has 1 aromatic heterocycles. The molecular formula is C12H13F3N2O2. The van der Waals surface area contributed by atoms with Crippen molar-refractivity contribution < 1.29 is 23.1 Å². The number of hydrogen-bond acceptors (Lipinski definition) is 3. The summed E-state index contributed by atoms with van der Waals surface area (Å²) >= 11 is 0. The molecule has 1 atom stereocenters. The van der Waals surface area contributed by atoms with Gasteiger partial charge in [0.2, 0.25) is 0 Å². The molecule has 1 saturated heterocycles. The van der Waals surface area contributed by atoms with Crippen LogP contribution < -0.4 is 4.90 Å². The topological polar surface area (TPSA) is 53.4 Å². The Morgan fingerprint density at radius 3 is 2.84 bits per heavy atom. The fraction of sp³-hybridized carbons (Fsp3) is 0.500. The number of carbonyl (C=O) groups is 1. The van der Waals surface area contributed by atoms with Crippen molar-refractivity contribution in [3.8, 4) is 0 Å². The number of carboxylic acids is 1. The molecule has 19 heavy (non-hydrogen) atoms. The van der Waals surface area contributed by atoms with Gasteiger partial charge in [0.05, 0.1) is 11.5 Å². The van der Waals surface area contributed by atoms with Gasteiger partial charge < -0.3 is 10.0 Å². The first-order chi connectivity index (χ1) is 8.88. The van der Waals surface area contributed by atoms with Gasteiger partial charge in [-0.05, 0) is 25.0 Å². The minimum Gasteiger partial charge on any atom is -0.481 e. The Kier molecular flexibility index (Phi) is 3.64. The molecule has 1 fully saturated rings. The van der Waals surface area contributed by atoms with Crippen LogP contribution in [0.15, 0.2) is 18.3 Å². The maximum Gasteiger partial charge on any atom is 0.416 e. The van der Waals surface area contributed by atoms with E-state index in [0.717, 1.165) is 18.3 Å². The summed E-state index contributed by atoms with van der Waals surface area (Å²) in [6.45, 7) is 0.724. The molecule has 1 aromatic rings. The van der Waals surface area contributed by atoms with Crippen LogP contribution in [0.4, 0.5) is 19.0 Å². The third-order valence-corrected chi connectivity index (χ3v) is 3.17. The maximum absolute atomic E-state index is 12.6. The monoisotopic (exact) mass is 274 g/mol. The molecule has 0 amide bonds. The Morgan fingerprint density at radius 1 is 1.47 bits per heavy atom. The molecular weight excluding hydrogens is 261 g/mol. The first-order valence-electron chi connectivity index (χ1n) is 5.89. The first-order valence-corrected chi connectivity index (χ1v) is 5.89. The van der Waals surface area contributed by atoms with Crippen LogP contribution in [0.2, 0.25) is 0 Å². The Labute approximate surface area is 107 Å². The summed E-state index contributed by atoms with van der Waals surface area (Å²) in [4.78, 5) is 16.4. The van der Waals surface area contributed by atoms with Crippen LogP contribution >= 0.6 is 0 Å². The number of alkyl halides is 3. The number of carboxylic acid groups (broad SMARTS) is 1. The van der Waals surface area contributed by atoms with Crippen LogP contribution in [-0.2, 0) is 11.0 Å². The average molecular weight is 274 g/mol. The van der Waals surface area contributed by atoms with Crippen molar-refractivity contribution in [3.05, 3.63) is 23.9 Å². The lowest BCUT2D eigenvalue weighted by atomic mass is 9.98. The summed E-state index contributed by atoms with van der Waals surface area (Å²) in [6, 6.07) is 1.87. The second-order valence-corrected chi connectivity index (χ2v) is 4.52. The number of halogens is 3. The molecule has 1 aliphatic heterocycles. The van der Waals surface area contributed by atoms with E-state index < -0.39 is 23.6 Å². The van der Waals surface area contributed by atoms with E-state index >= 15 is 0 Å². The number of aliphatic carboxylic acids is 1. The molecule has 0 aromatic carbocycles. The summed E-state index contributed by atoms with van der Waals surface area (Å²) < 4.78 is 37.8. The number of nitrogens with zero attached hydrogens (tertiary/aromatic N) is 2. The van der Waals surface area contributed by atoms with Gasteiger partial charge in [0.15, 0.2) is 0 Å². The smallest absolute Gasteiger partial charge is 0.416 e. The number of pyridine rings is 1. The van der Waals surface area contributed by atoms with E-state index in [9.17, 15) is 18.0 Å². The molecule has 104 valence electrons. The van der Waals surface area contributed by atoms with Crippen molar-refractivity contribution in [2.24, 2.45) is 5.92 Å². The fourth-order valence-corrected chi connectivity index (χ4v) is 2.15. The van der Waals surface area contributed by atoms with Crippen molar-refractivity contribution in [2.75, 3.05) is 18.0 Å². The zero-order chi connectivity index (χ0) is 14.0. The molecule has 2 rings (SSSR count). The molecule has 0 saturated carbocycles. The molecule has 0 radical (unpaired) electrons. The number of rotatable bonds is 2. The quantitative estimate of drug-likeness (QED) is 0.899. The molecule has 2 heterocycles. The SMILES string of the molecule is O=C(O)C1CCCN(c2cc(C(F)(F)F)ccn2)C1. The molecule has 4 nitrogen and oxygen atoms in total. The van der Waals surface area contributed by atoms with Gasteiger partial charge in [-0.15, -0.1) is 0 Å². The fourth-order valence-electron chi connectivity index (χ4n) is 2.15. The molecule has 0 bridgehead atoms. The Balaban J connectivity index is 2.20. The van der Waals surface area contributed by atoms with Crippen molar-refractivity contribution in [3.63, 3.8) is 0 Å². The zero-order valence-corrected chi connectivity index (χ0v) is 10.0. The van der Waals surface area contributed by atoms with Crippen LogP contribution in [-0.4, -0.2) is 29.1 Å². The lowest BCUT2D eigenvalue weighted by molar-refractivity contribution is -0.142. The standard InChI is InChI=1S/C12H13F3N2O2/c13-12(14,15)9-3-4-16-10(6-9)17-5-1-2-8(7-17)11(18)19/h3-4,6,8H,1-2,5,7H2,(H,18,19). The zero-order valence-electron chi connectivity index (χ0n) is 10.0. The second-order valence-electron chi connectivity index (χ2n) is 4.52. The van der Waals surface area contributed by atoms with Crippen LogP contribution in [0.1, 0.15) is 18.4 Å². The van der Waals surface area contributed by atoms with Crippen LogP contribution in [0.5, 0.6) is 0 Å². The predicted molar refractivity (Wildman–Crippen MR) is 61.8 cm³/mol. The van der Waals surface area contributed by atoms with Crippen molar-refractivity contribution in [2.45, 2.75) is 19.0 Å². The van der Waals surface area contributed by atoms with Crippen molar-refractivity contribution in [1.82, 2.24) is 4.98 Å². The molecule has 1 N–H and O–H groups in total. The van der Waals surface area contributed by atoms with Gasteiger partial charge in [-0.2, -0.15) is 13.2 Å². The highest BCUT2D eigenvalue weighted by Gasteiger charge is 2.32. The lowest BCUT2D eigenvalue weighted by Gasteiger charge is -2.31. The van der Waals surface area contributed by atoms with E-state index in [1.807, 2.05) is 0 Å². The summed E-state index contributed by atoms with van der Waals surface area (Å²) in [7, 11) is 0. The Morgan fingerprint density at radius 2 is 2.21 bits per heavy atom. The molecule has 0 aliphatic carbocycles. The molecule has 1 aliphatic rings. The van der Waals surface area contributed by atoms with Crippen molar-refractivity contribution >= 4 is 11.8 Å². The minimum atomic E-state index is -4.42. The van der Waals surface area contributed by atoms with Gasteiger partial charge in [-0.3, -0.25) is 4.79 Å². The number of piperidine rings is 1. The maximum atomic E-state index is 12.6. The predicted octanol–water partition coefficient (Wildman–Crippen LogP) is 2.40. The second kappa shape index (κ2) is 5.07. The number of aromatic nitrogens is 1. The Hall–Kier alpha value is -1.79. The van der Waals surface area contributed by atoms with Gasteiger partial charge in [0.25, 0.3) is 0 Å². The van der Waals surface area contributed by atoms with Gasteiger partial charge >= 0.3 is 12.1 Å². The molecule has 7 heteroatoms. The van der Waals surface area contributed by atoms with Gasteiger partial charge in [0.1, 0.15) is 5.82 Å². The third kappa shape index (κ3) is 3.15. The van der Waals surface area contributed by atoms with E-state index in [1.54, 1.807) is 4.90 Å². The van der Waals surface area contributed by atoms with E-state index in [4.69, 9.17) is 5.11 Å². The minimum absolute atomic E-state index is 0.181. The highest BCUT2D eigenvalue weighted by molar-refractivity contribution is 5.71. The molecule has 1 unspecified atom stereocenters. The number of hydrogen-bond donors (Lipinski definition) is 1. The summed E-state index contributed by atoms with van der Waals surface area (Å²) in [5.74, 6) is -1.29. The lowest BCUT2D eigenvalue weighted by Crippen LogP contribution is -2.39. The normalized spacial score (nSPS) is 20.4. The van der Waals surface area contributed by atoms with E-state index in [0.29, 0.717) is 19.4 Å². The van der Waals surface area contributed by atoms with Crippen LogP contribution in [0.3, 0.4) is 0 Å². The molecule has 0 spiro atoms. The van der Waals surface area contributed by atoms with Crippen LogP contribution in [0, 0.1) is 5.92 Å². The summed E-state index contributed by atoms with van der Waals surface area (Å²) in [5, 5.41) is 8.96. The van der Waals surface area contributed by atoms with Gasteiger partial charge in [0, 0.05) is 19.3 Å². The third-order valence-electron chi connectivity index (χ3n) is 3.17. The average Bonchev–Trinajstić information content (AvgIpc) is 2.38.